The molecule has 1 aromatic heterocycles. The number of nitrogens with two attached hydrogens (primary N) is 1. The van der Waals surface area contributed by atoms with Gasteiger partial charge in [-0.1, -0.05) is 120 Å². The van der Waals surface area contributed by atoms with Crippen LogP contribution in [0, 0.1) is 0 Å². The van der Waals surface area contributed by atoms with Crippen molar-refractivity contribution in [2.75, 3.05) is 12.3 Å². The monoisotopic (exact) mass is 520 g/mol. The van der Waals surface area contributed by atoms with Gasteiger partial charge in [0.2, 0.25) is 0 Å². The van der Waals surface area contributed by atoms with Gasteiger partial charge in [0.05, 0.1) is 12.7 Å². The Morgan fingerprint density at radius 1 is 0.842 bits per heavy atom. The van der Waals surface area contributed by atoms with Crippen molar-refractivity contribution in [3.63, 3.8) is 0 Å². The third-order valence-corrected chi connectivity index (χ3v) is 7.08. The molecule has 38 heavy (non-hydrogen) atoms. The molecule has 0 amide bonds. The number of aliphatic hydroxyl groups is 1. The molecule has 1 atom stereocenters. The van der Waals surface area contributed by atoms with E-state index in [0.717, 1.165) is 17.7 Å². The molecule has 0 saturated heterocycles. The fourth-order valence-corrected chi connectivity index (χ4v) is 4.84. The predicted molar refractivity (Wildman–Crippen MR) is 157 cm³/mol. The van der Waals surface area contributed by atoms with Crippen molar-refractivity contribution in [2.45, 2.75) is 109 Å². The second kappa shape index (κ2) is 17.6. The molecule has 0 aliphatic rings. The van der Waals surface area contributed by atoms with Crippen LogP contribution in [0.5, 0.6) is 5.75 Å². The van der Waals surface area contributed by atoms with Crippen LogP contribution in [-0.4, -0.2) is 32.8 Å². The van der Waals surface area contributed by atoms with E-state index in [1.54, 1.807) is 10.9 Å². The van der Waals surface area contributed by atoms with Crippen molar-refractivity contribution in [3.8, 4) is 17.0 Å². The van der Waals surface area contributed by atoms with Crippen LogP contribution in [0.4, 0.5) is 5.69 Å². The molecule has 2 aromatic carbocycles. The average Bonchev–Trinajstić information content (AvgIpc) is 3.38. The van der Waals surface area contributed by atoms with Crippen LogP contribution in [0.1, 0.15) is 96.0 Å². The molecule has 6 heteroatoms. The zero-order chi connectivity index (χ0) is 26.8. The summed E-state index contributed by atoms with van der Waals surface area (Å²) in [5.41, 5.74) is 9.50. The summed E-state index contributed by atoms with van der Waals surface area (Å²) in [6.07, 6.45) is 20.0. The smallest absolute Gasteiger partial charge is 0.119 e. The summed E-state index contributed by atoms with van der Waals surface area (Å²) >= 11 is 0. The second-order valence-corrected chi connectivity index (χ2v) is 10.5. The first-order valence-electron chi connectivity index (χ1n) is 14.8. The van der Waals surface area contributed by atoms with Gasteiger partial charge < -0.3 is 15.6 Å². The zero-order valence-corrected chi connectivity index (χ0v) is 23.4. The first-order valence-corrected chi connectivity index (χ1v) is 14.8. The number of nitrogen functional groups attached to an aromatic ring is 1. The Bertz CT molecular complexity index is 1040. The third-order valence-electron chi connectivity index (χ3n) is 7.08. The molecule has 0 fully saturated rings. The molecule has 0 spiro atoms. The first kappa shape index (κ1) is 29.7. The van der Waals surface area contributed by atoms with E-state index < -0.39 is 6.10 Å². The highest BCUT2D eigenvalue weighted by Crippen LogP contribution is 2.23. The summed E-state index contributed by atoms with van der Waals surface area (Å²) in [5, 5.41) is 18.8. The summed E-state index contributed by atoms with van der Waals surface area (Å²) in [4.78, 5) is 0. The van der Waals surface area contributed by atoms with E-state index in [0.29, 0.717) is 17.9 Å². The van der Waals surface area contributed by atoms with E-state index >= 15 is 0 Å². The van der Waals surface area contributed by atoms with Gasteiger partial charge in [-0.15, -0.1) is 5.10 Å². The third kappa shape index (κ3) is 11.3. The van der Waals surface area contributed by atoms with Gasteiger partial charge >= 0.3 is 0 Å². The SMILES string of the molecule is CCCCCCCCCCCCCCCc1cccc(OCC(O)Cn2cc(-c3ccccc3N)nn2)c1. The van der Waals surface area contributed by atoms with E-state index in [-0.39, 0.29) is 6.61 Å². The topological polar surface area (TPSA) is 86.2 Å². The molecule has 1 heterocycles. The predicted octanol–water partition coefficient (Wildman–Crippen LogP) is 7.60. The van der Waals surface area contributed by atoms with Crippen LogP contribution in [0.2, 0.25) is 0 Å². The van der Waals surface area contributed by atoms with Gasteiger partial charge in [0.15, 0.2) is 0 Å². The standard InChI is InChI=1S/C32H48N4O2/c1-2-3-4-5-6-7-8-9-10-11-12-13-14-18-27-19-17-20-29(23-27)38-26-28(37)24-36-25-32(34-35-36)30-21-15-16-22-31(30)33/h15-17,19-23,25,28,37H,2-14,18,24,26,33H2,1H3. The normalized spacial score (nSPS) is 12.1. The summed E-state index contributed by atoms with van der Waals surface area (Å²) in [7, 11) is 0. The van der Waals surface area contributed by atoms with Crippen molar-refractivity contribution < 1.29 is 9.84 Å². The fourth-order valence-electron chi connectivity index (χ4n) is 4.84. The number of unbranched alkanes of at least 4 members (excludes halogenated alkanes) is 12. The number of aryl methyl sites for hydroxylation is 1. The summed E-state index contributed by atoms with van der Waals surface area (Å²) in [6, 6.07) is 15.8. The average molecular weight is 521 g/mol. The Balaban J connectivity index is 1.26. The molecule has 1 unspecified atom stereocenters. The van der Waals surface area contributed by atoms with E-state index in [2.05, 4.69) is 29.4 Å². The van der Waals surface area contributed by atoms with Gasteiger partial charge in [-0.2, -0.15) is 0 Å². The number of rotatable bonds is 20. The maximum Gasteiger partial charge on any atom is 0.119 e. The van der Waals surface area contributed by atoms with Crippen LogP contribution < -0.4 is 10.5 Å². The van der Waals surface area contributed by atoms with Gasteiger partial charge in [0.25, 0.3) is 0 Å². The van der Waals surface area contributed by atoms with Crippen molar-refractivity contribution in [3.05, 3.63) is 60.3 Å². The molecule has 0 radical (unpaired) electrons. The molecule has 0 aliphatic carbocycles. The van der Waals surface area contributed by atoms with E-state index in [9.17, 15) is 5.11 Å². The quantitative estimate of drug-likeness (QED) is 0.118. The summed E-state index contributed by atoms with van der Waals surface area (Å²) in [5.74, 6) is 0.799. The zero-order valence-electron chi connectivity index (χ0n) is 23.4. The van der Waals surface area contributed by atoms with Crippen LogP contribution in [0.3, 0.4) is 0 Å². The van der Waals surface area contributed by atoms with Crippen LogP contribution >= 0.6 is 0 Å². The first-order chi connectivity index (χ1) is 18.7. The molecular formula is C32H48N4O2. The molecule has 6 nitrogen and oxygen atoms in total. The van der Waals surface area contributed by atoms with Gasteiger partial charge in [0.1, 0.15) is 24.2 Å². The maximum atomic E-state index is 10.5. The Morgan fingerprint density at radius 2 is 1.50 bits per heavy atom. The second-order valence-electron chi connectivity index (χ2n) is 10.5. The number of benzene rings is 2. The Kier molecular flexibility index (Phi) is 13.8. The number of nitrogens with zero attached hydrogens (tertiary/aromatic N) is 3. The highest BCUT2D eigenvalue weighted by atomic mass is 16.5. The number of anilines is 1. The van der Waals surface area contributed by atoms with E-state index in [4.69, 9.17) is 10.5 Å². The molecule has 3 N–H and O–H groups in total. The van der Waals surface area contributed by atoms with Gasteiger partial charge in [-0.25, -0.2) is 4.68 Å². The lowest BCUT2D eigenvalue weighted by Gasteiger charge is -2.13. The van der Waals surface area contributed by atoms with Crippen LogP contribution in [-0.2, 0) is 13.0 Å². The summed E-state index contributed by atoms with van der Waals surface area (Å²) in [6.45, 7) is 2.78. The van der Waals surface area contributed by atoms with E-state index in [1.165, 1.54) is 89.0 Å². The number of aromatic nitrogens is 3. The number of hydrogen-bond acceptors (Lipinski definition) is 5. The van der Waals surface area contributed by atoms with Crippen LogP contribution in [0.25, 0.3) is 11.3 Å². The minimum Gasteiger partial charge on any atom is -0.491 e. The number of aliphatic hydroxyl groups excluding tert-OH is 1. The van der Waals surface area contributed by atoms with E-state index in [1.807, 2.05) is 36.4 Å². The highest BCUT2D eigenvalue weighted by Gasteiger charge is 2.11. The maximum absolute atomic E-state index is 10.5. The molecule has 3 rings (SSSR count). The van der Waals surface area contributed by atoms with Gasteiger partial charge in [-0.05, 0) is 36.6 Å². The van der Waals surface area contributed by atoms with Crippen molar-refractivity contribution in [1.29, 1.82) is 0 Å². The number of para-hydroxylation sites is 1. The Morgan fingerprint density at radius 3 is 2.18 bits per heavy atom. The Hall–Kier alpha value is -2.86. The molecule has 3 aromatic rings. The van der Waals surface area contributed by atoms with Crippen LogP contribution in [0.15, 0.2) is 54.7 Å². The minimum atomic E-state index is -0.692. The lowest BCUT2D eigenvalue weighted by Crippen LogP contribution is -2.24. The minimum absolute atomic E-state index is 0.199. The van der Waals surface area contributed by atoms with Gasteiger partial charge in [-0.3, -0.25) is 0 Å². The molecule has 0 bridgehead atoms. The molecule has 0 aliphatic heterocycles. The lowest BCUT2D eigenvalue weighted by atomic mass is 10.0. The number of ether oxygens (including phenoxy) is 1. The lowest BCUT2D eigenvalue weighted by molar-refractivity contribution is 0.0888. The fraction of sp³-hybridized carbons (Fsp3) is 0.562. The highest BCUT2D eigenvalue weighted by molar-refractivity contribution is 5.72. The van der Waals surface area contributed by atoms with Crippen molar-refractivity contribution in [1.82, 2.24) is 15.0 Å². The summed E-state index contributed by atoms with van der Waals surface area (Å²) < 4.78 is 7.50. The van der Waals surface area contributed by atoms with Crippen molar-refractivity contribution in [2.24, 2.45) is 0 Å². The molecule has 0 saturated carbocycles. The Labute approximate surface area is 229 Å². The van der Waals surface area contributed by atoms with Gasteiger partial charge in [0, 0.05) is 11.3 Å². The van der Waals surface area contributed by atoms with Crippen molar-refractivity contribution >= 4 is 5.69 Å². The molecular weight excluding hydrogens is 472 g/mol. The number of hydrogen-bond donors (Lipinski definition) is 2. The molecule has 208 valence electrons. The largest absolute Gasteiger partial charge is 0.491 e.